The highest BCUT2D eigenvalue weighted by molar-refractivity contribution is 5.87. The molecule has 0 fully saturated rings. The summed E-state index contributed by atoms with van der Waals surface area (Å²) in [6, 6.07) is 1.50. The van der Waals surface area contributed by atoms with Crippen LogP contribution in [0.3, 0.4) is 0 Å². The van der Waals surface area contributed by atoms with Gasteiger partial charge in [0.1, 0.15) is 6.61 Å². The Labute approximate surface area is 99.1 Å². The lowest BCUT2D eigenvalue weighted by molar-refractivity contribution is 0.0518. The minimum atomic E-state index is -0.434. The second-order valence-corrected chi connectivity index (χ2v) is 3.34. The Morgan fingerprint density at radius 1 is 1.81 bits per heavy atom. The van der Waals surface area contributed by atoms with Crippen LogP contribution in [0.4, 0.5) is 0 Å². The molecule has 2 heterocycles. The Hall–Kier alpha value is -1.27. The van der Waals surface area contributed by atoms with Crippen LogP contribution in [0.5, 0.6) is 5.88 Å². The maximum absolute atomic E-state index is 11.4. The third kappa shape index (κ3) is 2.45. The summed E-state index contributed by atoms with van der Waals surface area (Å²) in [5.41, 5.74) is 5.96. The molecule has 0 radical (unpaired) electrons. The van der Waals surface area contributed by atoms with Gasteiger partial charge >= 0.3 is 5.97 Å². The van der Waals surface area contributed by atoms with Crippen LogP contribution in [0.2, 0.25) is 0 Å². The molecule has 0 aliphatic carbocycles. The number of halogens is 1. The first-order chi connectivity index (χ1) is 7.20. The number of nitrogens with two attached hydrogens (primary N) is 1. The highest BCUT2D eigenvalue weighted by Crippen LogP contribution is 2.18. The van der Waals surface area contributed by atoms with E-state index in [4.69, 9.17) is 15.2 Å². The van der Waals surface area contributed by atoms with Gasteiger partial charge in [-0.1, -0.05) is 0 Å². The van der Waals surface area contributed by atoms with Gasteiger partial charge in [0.05, 0.1) is 19.2 Å². The second kappa shape index (κ2) is 5.18. The molecule has 0 saturated heterocycles. The maximum atomic E-state index is 11.4. The fraction of sp³-hybridized carbons (Fsp3) is 0.556. The lowest BCUT2D eigenvalue weighted by Crippen LogP contribution is -2.37. The highest BCUT2D eigenvalue weighted by Gasteiger charge is 2.21. The molecular formula is C9H14ClN3O3. The first kappa shape index (κ1) is 12.8. The van der Waals surface area contributed by atoms with Gasteiger partial charge in [-0.15, -0.1) is 12.4 Å². The Morgan fingerprint density at radius 2 is 2.56 bits per heavy atom. The van der Waals surface area contributed by atoms with Crippen molar-refractivity contribution in [1.29, 1.82) is 0 Å². The van der Waals surface area contributed by atoms with E-state index in [9.17, 15) is 4.79 Å². The zero-order valence-electron chi connectivity index (χ0n) is 8.88. The Bertz CT molecular complexity index is 380. The second-order valence-electron chi connectivity index (χ2n) is 3.34. The van der Waals surface area contributed by atoms with E-state index in [1.165, 1.54) is 0 Å². The molecule has 1 aliphatic heterocycles. The van der Waals surface area contributed by atoms with Crippen molar-refractivity contribution in [2.45, 2.75) is 19.5 Å². The van der Waals surface area contributed by atoms with Crippen molar-refractivity contribution in [2.24, 2.45) is 5.73 Å². The smallest absolute Gasteiger partial charge is 0.358 e. The molecule has 6 nitrogen and oxygen atoms in total. The predicted octanol–water partition coefficient (Wildman–Crippen LogP) is 0.201. The van der Waals surface area contributed by atoms with E-state index in [-0.39, 0.29) is 24.1 Å². The fourth-order valence-corrected chi connectivity index (χ4v) is 1.42. The summed E-state index contributed by atoms with van der Waals surface area (Å²) in [4.78, 5) is 11.4. The van der Waals surface area contributed by atoms with Crippen LogP contribution >= 0.6 is 12.4 Å². The maximum Gasteiger partial charge on any atom is 0.358 e. The minimum Gasteiger partial charge on any atom is -0.476 e. The first-order valence-corrected chi connectivity index (χ1v) is 4.84. The molecule has 0 spiro atoms. The highest BCUT2D eigenvalue weighted by atomic mass is 35.5. The number of ether oxygens (including phenoxy) is 2. The number of carbonyl (C=O) groups is 1. The van der Waals surface area contributed by atoms with Gasteiger partial charge in [-0.3, -0.25) is 0 Å². The summed E-state index contributed by atoms with van der Waals surface area (Å²) >= 11 is 0. The van der Waals surface area contributed by atoms with E-state index in [1.807, 2.05) is 0 Å². The SMILES string of the molecule is CCOC(=O)c1cc2n(n1)CC(N)CO2.Cl. The summed E-state index contributed by atoms with van der Waals surface area (Å²) in [6.07, 6.45) is 0. The van der Waals surface area contributed by atoms with Gasteiger partial charge < -0.3 is 15.2 Å². The van der Waals surface area contributed by atoms with Gasteiger partial charge in [-0.25, -0.2) is 9.48 Å². The zero-order chi connectivity index (χ0) is 10.8. The van der Waals surface area contributed by atoms with Gasteiger partial charge in [0, 0.05) is 6.07 Å². The van der Waals surface area contributed by atoms with Crippen LogP contribution in [0.25, 0.3) is 0 Å². The topological polar surface area (TPSA) is 79.4 Å². The van der Waals surface area contributed by atoms with Gasteiger partial charge in [-0.05, 0) is 6.92 Å². The third-order valence-corrected chi connectivity index (χ3v) is 2.08. The average Bonchev–Trinajstić information content (AvgIpc) is 2.60. The fourth-order valence-electron chi connectivity index (χ4n) is 1.42. The average molecular weight is 248 g/mol. The van der Waals surface area contributed by atoms with Crippen LogP contribution in [-0.4, -0.2) is 35.0 Å². The van der Waals surface area contributed by atoms with Crippen molar-refractivity contribution in [1.82, 2.24) is 9.78 Å². The van der Waals surface area contributed by atoms with Crippen molar-refractivity contribution >= 4 is 18.4 Å². The molecule has 0 amide bonds. The molecule has 2 rings (SSSR count). The summed E-state index contributed by atoms with van der Waals surface area (Å²) in [5.74, 6) is 0.135. The molecule has 7 heteroatoms. The van der Waals surface area contributed by atoms with Gasteiger partial charge in [0.2, 0.25) is 5.88 Å². The van der Waals surface area contributed by atoms with E-state index in [0.717, 1.165) is 0 Å². The van der Waals surface area contributed by atoms with E-state index in [0.29, 0.717) is 25.6 Å². The molecule has 1 unspecified atom stereocenters. The lowest BCUT2D eigenvalue weighted by Gasteiger charge is -2.19. The normalized spacial score (nSPS) is 18.0. The van der Waals surface area contributed by atoms with Crippen molar-refractivity contribution in [3.63, 3.8) is 0 Å². The molecule has 1 atom stereocenters. The molecular weight excluding hydrogens is 234 g/mol. The molecule has 1 aromatic rings. The number of rotatable bonds is 2. The van der Waals surface area contributed by atoms with Crippen molar-refractivity contribution in [3.05, 3.63) is 11.8 Å². The number of aromatic nitrogens is 2. The number of fused-ring (bicyclic) bond motifs is 1. The van der Waals surface area contributed by atoms with Crippen LogP contribution in [0.1, 0.15) is 17.4 Å². The first-order valence-electron chi connectivity index (χ1n) is 4.84. The standard InChI is InChI=1S/C9H13N3O3.ClH/c1-2-14-9(13)7-3-8-12(11-7)4-6(10)5-15-8;/h3,6H,2,4-5,10H2,1H3;1H. The molecule has 16 heavy (non-hydrogen) atoms. The summed E-state index contributed by atoms with van der Waals surface area (Å²) in [6.45, 7) is 3.10. The number of carbonyl (C=O) groups excluding carboxylic acids is 1. The Balaban J connectivity index is 0.00000128. The molecule has 0 saturated carbocycles. The minimum absolute atomic E-state index is 0. The number of nitrogens with zero attached hydrogens (tertiary/aromatic N) is 2. The molecule has 2 N–H and O–H groups in total. The van der Waals surface area contributed by atoms with Gasteiger partial charge in [0.25, 0.3) is 0 Å². The monoisotopic (exact) mass is 247 g/mol. The molecule has 1 aromatic heterocycles. The van der Waals surface area contributed by atoms with Crippen molar-refractivity contribution in [3.8, 4) is 5.88 Å². The predicted molar refractivity (Wildman–Crippen MR) is 58.9 cm³/mol. The van der Waals surface area contributed by atoms with E-state index < -0.39 is 5.97 Å². The summed E-state index contributed by atoms with van der Waals surface area (Å²) < 4.78 is 11.7. The van der Waals surface area contributed by atoms with Gasteiger partial charge in [-0.2, -0.15) is 5.10 Å². The number of hydrogen-bond donors (Lipinski definition) is 1. The third-order valence-electron chi connectivity index (χ3n) is 2.08. The van der Waals surface area contributed by atoms with Gasteiger partial charge in [0.15, 0.2) is 5.69 Å². The quantitative estimate of drug-likeness (QED) is 0.756. The van der Waals surface area contributed by atoms with Crippen LogP contribution in [0.15, 0.2) is 6.07 Å². The van der Waals surface area contributed by atoms with E-state index in [2.05, 4.69) is 5.10 Å². The summed E-state index contributed by atoms with van der Waals surface area (Å²) in [5, 5.41) is 4.06. The molecule has 0 bridgehead atoms. The van der Waals surface area contributed by atoms with E-state index in [1.54, 1.807) is 17.7 Å². The molecule has 90 valence electrons. The summed E-state index contributed by atoms with van der Waals surface area (Å²) in [7, 11) is 0. The van der Waals surface area contributed by atoms with Crippen molar-refractivity contribution < 1.29 is 14.3 Å². The Kier molecular flexibility index (Phi) is 4.14. The number of hydrogen-bond acceptors (Lipinski definition) is 5. The largest absolute Gasteiger partial charge is 0.476 e. The van der Waals surface area contributed by atoms with Crippen LogP contribution < -0.4 is 10.5 Å². The van der Waals surface area contributed by atoms with Crippen LogP contribution in [-0.2, 0) is 11.3 Å². The zero-order valence-corrected chi connectivity index (χ0v) is 9.70. The van der Waals surface area contributed by atoms with E-state index >= 15 is 0 Å². The molecule has 1 aliphatic rings. The van der Waals surface area contributed by atoms with Crippen LogP contribution in [0, 0.1) is 0 Å². The van der Waals surface area contributed by atoms with Crippen molar-refractivity contribution in [2.75, 3.05) is 13.2 Å². The lowest BCUT2D eigenvalue weighted by atomic mass is 10.3. The Morgan fingerprint density at radius 3 is 3.25 bits per heavy atom. The number of esters is 1. The molecule has 0 aromatic carbocycles.